The van der Waals surface area contributed by atoms with Gasteiger partial charge in [-0.1, -0.05) is 18.2 Å². The summed E-state index contributed by atoms with van der Waals surface area (Å²) in [5, 5.41) is 22.9. The van der Waals surface area contributed by atoms with Crippen molar-refractivity contribution in [3.63, 3.8) is 0 Å². The Hall–Kier alpha value is -2.24. The van der Waals surface area contributed by atoms with Gasteiger partial charge < -0.3 is 20.3 Å². The molecule has 1 aliphatic rings. The number of hydrogen-bond donors (Lipinski definition) is 3. The number of rotatable bonds is 8. The van der Waals surface area contributed by atoms with Crippen LogP contribution in [0.5, 0.6) is 11.5 Å². The number of nitrogens with one attached hydrogen (secondary N) is 1. The lowest BCUT2D eigenvalue weighted by atomic mass is 10.0. The molecule has 5 nitrogen and oxygen atoms in total. The topological polar surface area (TPSA) is 65.0 Å². The summed E-state index contributed by atoms with van der Waals surface area (Å²) in [6, 6.07) is 14.5. The van der Waals surface area contributed by atoms with Gasteiger partial charge >= 0.3 is 0 Å². The van der Waals surface area contributed by atoms with E-state index < -0.39 is 0 Å². The second-order valence-corrected chi connectivity index (χ2v) is 7.05. The van der Waals surface area contributed by atoms with Crippen molar-refractivity contribution >= 4 is 5.69 Å². The molecule has 0 aromatic heterocycles. The molecule has 0 saturated carbocycles. The van der Waals surface area contributed by atoms with Gasteiger partial charge in [0.05, 0.1) is 19.0 Å². The zero-order valence-corrected chi connectivity index (χ0v) is 16.2. The number of likely N-dealkylation sites (tertiary alicyclic amines) is 1. The van der Waals surface area contributed by atoms with E-state index in [1.165, 1.54) is 5.56 Å². The van der Waals surface area contributed by atoms with Crippen molar-refractivity contribution in [2.75, 3.05) is 25.7 Å². The summed E-state index contributed by atoms with van der Waals surface area (Å²) in [5.41, 5.74) is 3.12. The number of anilines is 1. The van der Waals surface area contributed by atoms with Gasteiger partial charge in [0.2, 0.25) is 0 Å². The summed E-state index contributed by atoms with van der Waals surface area (Å²) >= 11 is 0. The minimum Gasteiger partial charge on any atom is -0.506 e. The molecule has 5 heteroatoms. The average molecular weight is 370 g/mol. The Kier molecular flexibility index (Phi) is 6.58. The highest BCUT2D eigenvalue weighted by molar-refractivity contribution is 5.57. The summed E-state index contributed by atoms with van der Waals surface area (Å²) in [7, 11) is 1.80. The first-order chi connectivity index (χ1) is 13.2. The van der Waals surface area contributed by atoms with E-state index in [9.17, 15) is 10.2 Å². The van der Waals surface area contributed by atoms with E-state index in [0.29, 0.717) is 12.6 Å². The molecule has 0 amide bonds. The number of nitrogens with zero attached hydrogens (tertiary/aromatic N) is 1. The van der Waals surface area contributed by atoms with E-state index in [4.69, 9.17) is 4.74 Å². The number of aromatic hydroxyl groups is 1. The number of phenols is 1. The molecule has 3 N–H and O–H groups in total. The van der Waals surface area contributed by atoms with Gasteiger partial charge in [0, 0.05) is 19.1 Å². The van der Waals surface area contributed by atoms with Gasteiger partial charge in [-0.15, -0.1) is 0 Å². The summed E-state index contributed by atoms with van der Waals surface area (Å²) in [4.78, 5) is 2.18. The second kappa shape index (κ2) is 9.11. The third-order valence-electron chi connectivity index (χ3n) is 5.46. The smallest absolute Gasteiger partial charge is 0.138 e. The third-order valence-corrected chi connectivity index (χ3v) is 5.46. The van der Waals surface area contributed by atoms with Gasteiger partial charge in [-0.25, -0.2) is 0 Å². The largest absolute Gasteiger partial charge is 0.506 e. The van der Waals surface area contributed by atoms with Gasteiger partial charge in [-0.05, 0) is 68.0 Å². The summed E-state index contributed by atoms with van der Waals surface area (Å²) in [5.74, 6) is 1.17. The Labute approximate surface area is 161 Å². The van der Waals surface area contributed by atoms with E-state index in [1.807, 2.05) is 31.2 Å². The molecule has 0 spiro atoms. The Balaban J connectivity index is 1.67. The van der Waals surface area contributed by atoms with Gasteiger partial charge in [-0.3, -0.25) is 4.90 Å². The molecule has 1 aliphatic heterocycles. The van der Waals surface area contributed by atoms with Crippen molar-refractivity contribution in [1.82, 2.24) is 4.90 Å². The zero-order chi connectivity index (χ0) is 19.2. The monoisotopic (exact) mass is 370 g/mol. The standard InChI is InChI=1S/C22H30N2O3/c1-3-27-19-6-4-5-16(13-19)7-9-18-10-11-21(24(18)15-25)17-8-12-22(26)20(14-17)23-2/h4-6,8,12-14,18,21,23,25-26H,3,7,9-11,15H2,1-2H3. The van der Waals surface area contributed by atoms with E-state index >= 15 is 0 Å². The first-order valence-corrected chi connectivity index (χ1v) is 9.75. The van der Waals surface area contributed by atoms with Crippen LogP contribution in [0.1, 0.15) is 43.4 Å². The molecule has 2 atom stereocenters. The SMILES string of the molecule is CCOc1cccc(CCC2CCC(c3ccc(O)c(NC)c3)N2CO)c1. The number of aryl methyl sites for hydroxylation is 1. The highest BCUT2D eigenvalue weighted by Gasteiger charge is 2.33. The maximum absolute atomic E-state index is 10.0. The van der Waals surface area contributed by atoms with E-state index in [2.05, 4.69) is 22.3 Å². The summed E-state index contributed by atoms with van der Waals surface area (Å²) < 4.78 is 5.59. The average Bonchev–Trinajstić information content (AvgIpc) is 3.10. The quantitative estimate of drug-likeness (QED) is 0.615. The fourth-order valence-electron chi connectivity index (χ4n) is 4.07. The molecule has 1 saturated heterocycles. The fourth-order valence-corrected chi connectivity index (χ4v) is 4.07. The maximum Gasteiger partial charge on any atom is 0.138 e. The minimum absolute atomic E-state index is 0.0457. The Morgan fingerprint density at radius 2 is 2.04 bits per heavy atom. The lowest BCUT2D eigenvalue weighted by molar-refractivity contribution is 0.0596. The molecule has 3 rings (SSSR count). The highest BCUT2D eigenvalue weighted by Crippen LogP contribution is 2.39. The van der Waals surface area contributed by atoms with Gasteiger partial charge in [-0.2, -0.15) is 0 Å². The van der Waals surface area contributed by atoms with Crippen LogP contribution in [-0.2, 0) is 6.42 Å². The van der Waals surface area contributed by atoms with Crippen molar-refractivity contribution in [2.24, 2.45) is 0 Å². The third kappa shape index (κ3) is 4.54. The Bertz CT molecular complexity index is 750. The maximum atomic E-state index is 10.0. The predicted molar refractivity (Wildman–Crippen MR) is 108 cm³/mol. The van der Waals surface area contributed by atoms with Gasteiger partial charge in [0.1, 0.15) is 11.5 Å². The van der Waals surface area contributed by atoms with E-state index in [1.54, 1.807) is 13.1 Å². The summed E-state index contributed by atoms with van der Waals surface area (Å²) in [6.45, 7) is 2.71. The Morgan fingerprint density at radius 3 is 2.78 bits per heavy atom. The van der Waals surface area contributed by atoms with Gasteiger partial charge in [0.15, 0.2) is 0 Å². The lowest BCUT2D eigenvalue weighted by Crippen LogP contribution is -2.32. The van der Waals surface area contributed by atoms with Gasteiger partial charge in [0.25, 0.3) is 0 Å². The molecule has 1 heterocycles. The molecule has 2 unspecified atom stereocenters. The van der Waals surface area contributed by atoms with Crippen LogP contribution in [0.15, 0.2) is 42.5 Å². The van der Waals surface area contributed by atoms with Crippen molar-refractivity contribution in [3.05, 3.63) is 53.6 Å². The predicted octanol–water partition coefficient (Wildman–Crippen LogP) is 3.92. The number of aliphatic hydroxyl groups is 1. The molecular weight excluding hydrogens is 340 g/mol. The number of benzene rings is 2. The van der Waals surface area contributed by atoms with Crippen LogP contribution in [-0.4, -0.2) is 41.5 Å². The van der Waals surface area contributed by atoms with Crippen molar-refractivity contribution in [1.29, 1.82) is 0 Å². The first kappa shape index (κ1) is 19.5. The molecular formula is C22H30N2O3. The normalized spacial score (nSPS) is 20.0. The van der Waals surface area contributed by atoms with Crippen molar-refractivity contribution in [3.8, 4) is 11.5 Å². The first-order valence-electron chi connectivity index (χ1n) is 9.75. The van der Waals surface area contributed by atoms with Crippen LogP contribution in [0.3, 0.4) is 0 Å². The Morgan fingerprint density at radius 1 is 1.19 bits per heavy atom. The van der Waals surface area contributed by atoms with Crippen LogP contribution in [0, 0.1) is 0 Å². The second-order valence-electron chi connectivity index (χ2n) is 7.05. The number of phenolic OH excluding ortho intramolecular Hbond substituents is 1. The van der Waals surface area contributed by atoms with Crippen molar-refractivity contribution < 1.29 is 14.9 Å². The van der Waals surface area contributed by atoms with Crippen LogP contribution in [0.2, 0.25) is 0 Å². The number of hydrogen-bond acceptors (Lipinski definition) is 5. The molecule has 0 aliphatic carbocycles. The van der Waals surface area contributed by atoms with Crippen LogP contribution < -0.4 is 10.1 Å². The zero-order valence-electron chi connectivity index (χ0n) is 16.2. The molecule has 1 fully saturated rings. The van der Waals surface area contributed by atoms with Crippen LogP contribution in [0.4, 0.5) is 5.69 Å². The lowest BCUT2D eigenvalue weighted by Gasteiger charge is -2.28. The van der Waals surface area contributed by atoms with Crippen LogP contribution >= 0.6 is 0 Å². The van der Waals surface area contributed by atoms with E-state index in [-0.39, 0.29) is 18.5 Å². The molecule has 146 valence electrons. The number of ether oxygens (including phenoxy) is 1. The summed E-state index contributed by atoms with van der Waals surface area (Å²) in [6.07, 6.45) is 4.04. The molecule has 2 aromatic carbocycles. The fraction of sp³-hybridized carbons (Fsp3) is 0.455. The molecule has 2 aromatic rings. The minimum atomic E-state index is 0.0457. The molecule has 0 radical (unpaired) electrons. The molecule has 27 heavy (non-hydrogen) atoms. The number of aliphatic hydroxyl groups excluding tert-OH is 1. The molecule has 0 bridgehead atoms. The van der Waals surface area contributed by atoms with Crippen molar-refractivity contribution in [2.45, 2.75) is 44.7 Å². The van der Waals surface area contributed by atoms with E-state index in [0.717, 1.165) is 42.7 Å². The van der Waals surface area contributed by atoms with Crippen LogP contribution in [0.25, 0.3) is 0 Å². The highest BCUT2D eigenvalue weighted by atomic mass is 16.5.